The van der Waals surface area contributed by atoms with Gasteiger partial charge in [0.1, 0.15) is 0 Å². The fraction of sp³-hybridized carbons (Fsp3) is 0.929. The third kappa shape index (κ3) is 6.67. The lowest BCUT2D eigenvalue weighted by atomic mass is 9.86. The van der Waals surface area contributed by atoms with E-state index in [4.69, 9.17) is 0 Å². The third-order valence-corrected chi connectivity index (χ3v) is 3.53. The molecule has 1 amide bonds. The Bertz CT molecular complexity index is 177. The molecule has 0 radical (unpaired) electrons. The SMILES string of the molecule is CC.CCN(CCNC=O)C1CCC(C)CC1. The Kier molecular flexibility index (Phi) is 10.2. The van der Waals surface area contributed by atoms with Crippen LogP contribution in [0.3, 0.4) is 0 Å². The van der Waals surface area contributed by atoms with Crippen LogP contribution in [0, 0.1) is 5.92 Å². The normalized spacial score (nSPS) is 23.8. The molecular formula is C14H30N2O. The number of rotatable bonds is 6. The first-order chi connectivity index (χ1) is 8.27. The standard InChI is InChI=1S/C12H24N2O.C2H6/c1-3-14(9-8-13-10-15)12-6-4-11(2)5-7-12;1-2/h10-12H,3-9H2,1-2H3,(H,13,15);1-2H3. The van der Waals surface area contributed by atoms with Gasteiger partial charge in [0, 0.05) is 19.1 Å². The number of nitrogens with zero attached hydrogens (tertiary/aromatic N) is 1. The van der Waals surface area contributed by atoms with E-state index in [2.05, 4.69) is 24.1 Å². The van der Waals surface area contributed by atoms with E-state index < -0.39 is 0 Å². The van der Waals surface area contributed by atoms with E-state index >= 15 is 0 Å². The molecule has 0 unspecified atom stereocenters. The highest BCUT2D eigenvalue weighted by atomic mass is 16.1. The molecule has 0 spiro atoms. The van der Waals surface area contributed by atoms with Crippen LogP contribution >= 0.6 is 0 Å². The Labute approximate surface area is 107 Å². The summed E-state index contributed by atoms with van der Waals surface area (Å²) in [4.78, 5) is 12.7. The molecule has 0 atom stereocenters. The summed E-state index contributed by atoms with van der Waals surface area (Å²) in [5, 5.41) is 2.74. The van der Waals surface area contributed by atoms with Gasteiger partial charge in [-0.05, 0) is 38.1 Å². The van der Waals surface area contributed by atoms with Gasteiger partial charge in [0.05, 0.1) is 0 Å². The van der Waals surface area contributed by atoms with Crippen molar-refractivity contribution in [2.75, 3.05) is 19.6 Å². The number of carbonyl (C=O) groups excluding carboxylic acids is 1. The Morgan fingerprint density at radius 1 is 1.24 bits per heavy atom. The molecular weight excluding hydrogens is 212 g/mol. The third-order valence-electron chi connectivity index (χ3n) is 3.53. The summed E-state index contributed by atoms with van der Waals surface area (Å²) in [5.74, 6) is 0.910. The van der Waals surface area contributed by atoms with Gasteiger partial charge in [0.15, 0.2) is 0 Å². The van der Waals surface area contributed by atoms with Crippen molar-refractivity contribution in [3.63, 3.8) is 0 Å². The van der Waals surface area contributed by atoms with E-state index in [1.54, 1.807) is 0 Å². The van der Waals surface area contributed by atoms with Crippen LogP contribution in [0.2, 0.25) is 0 Å². The van der Waals surface area contributed by atoms with Crippen LogP contribution in [0.5, 0.6) is 0 Å². The molecule has 1 aliphatic carbocycles. The second-order valence-corrected chi connectivity index (χ2v) is 4.61. The van der Waals surface area contributed by atoms with Gasteiger partial charge >= 0.3 is 0 Å². The van der Waals surface area contributed by atoms with Crippen LogP contribution < -0.4 is 5.32 Å². The molecule has 0 bridgehead atoms. The zero-order chi connectivity index (χ0) is 13.1. The van der Waals surface area contributed by atoms with Gasteiger partial charge in [-0.25, -0.2) is 0 Å². The van der Waals surface area contributed by atoms with Gasteiger partial charge in [-0.1, -0.05) is 27.7 Å². The first kappa shape index (κ1) is 16.4. The molecule has 17 heavy (non-hydrogen) atoms. The second kappa shape index (κ2) is 10.6. The van der Waals surface area contributed by atoms with E-state index in [0.29, 0.717) is 0 Å². The minimum absolute atomic E-state index is 0.750. The maximum Gasteiger partial charge on any atom is 0.207 e. The number of likely N-dealkylation sites (N-methyl/N-ethyl adjacent to an activating group) is 1. The predicted octanol–water partition coefficient (Wildman–Crippen LogP) is 2.66. The summed E-state index contributed by atoms with van der Waals surface area (Å²) in [5.41, 5.74) is 0. The molecule has 1 rings (SSSR count). The van der Waals surface area contributed by atoms with Gasteiger partial charge in [-0.3, -0.25) is 9.69 Å². The van der Waals surface area contributed by atoms with E-state index in [0.717, 1.165) is 38.0 Å². The van der Waals surface area contributed by atoms with Crippen molar-refractivity contribution in [3.8, 4) is 0 Å². The highest BCUT2D eigenvalue weighted by Gasteiger charge is 2.22. The average Bonchev–Trinajstić information content (AvgIpc) is 2.39. The summed E-state index contributed by atoms with van der Waals surface area (Å²) in [7, 11) is 0. The van der Waals surface area contributed by atoms with Gasteiger partial charge in [-0.15, -0.1) is 0 Å². The smallest absolute Gasteiger partial charge is 0.207 e. The largest absolute Gasteiger partial charge is 0.357 e. The first-order valence-corrected chi connectivity index (χ1v) is 7.19. The van der Waals surface area contributed by atoms with Gasteiger partial charge in [0.25, 0.3) is 0 Å². The monoisotopic (exact) mass is 242 g/mol. The number of carbonyl (C=O) groups is 1. The Hall–Kier alpha value is -0.570. The predicted molar refractivity (Wildman–Crippen MR) is 74.1 cm³/mol. The molecule has 0 saturated heterocycles. The number of hydrogen-bond acceptors (Lipinski definition) is 2. The second-order valence-electron chi connectivity index (χ2n) is 4.61. The summed E-state index contributed by atoms with van der Waals surface area (Å²) < 4.78 is 0. The van der Waals surface area contributed by atoms with E-state index in [1.807, 2.05) is 13.8 Å². The molecule has 0 aromatic heterocycles. The minimum Gasteiger partial charge on any atom is -0.357 e. The lowest BCUT2D eigenvalue weighted by Gasteiger charge is -2.35. The van der Waals surface area contributed by atoms with Crippen molar-refractivity contribution >= 4 is 6.41 Å². The van der Waals surface area contributed by atoms with Crippen molar-refractivity contribution in [3.05, 3.63) is 0 Å². The van der Waals surface area contributed by atoms with Crippen molar-refractivity contribution < 1.29 is 4.79 Å². The van der Waals surface area contributed by atoms with Crippen LogP contribution in [-0.2, 0) is 4.79 Å². The van der Waals surface area contributed by atoms with Crippen LogP contribution in [0.15, 0.2) is 0 Å². The molecule has 102 valence electrons. The number of nitrogens with one attached hydrogen (secondary N) is 1. The molecule has 0 aliphatic heterocycles. The zero-order valence-electron chi connectivity index (χ0n) is 12.0. The molecule has 1 N–H and O–H groups in total. The van der Waals surface area contributed by atoms with Crippen molar-refractivity contribution in [1.82, 2.24) is 10.2 Å². The van der Waals surface area contributed by atoms with Crippen LogP contribution in [0.1, 0.15) is 53.4 Å². The molecule has 3 nitrogen and oxygen atoms in total. The fourth-order valence-electron chi connectivity index (χ4n) is 2.47. The lowest BCUT2D eigenvalue weighted by Crippen LogP contribution is -2.41. The Morgan fingerprint density at radius 2 is 1.82 bits per heavy atom. The van der Waals surface area contributed by atoms with Crippen LogP contribution in [-0.4, -0.2) is 37.0 Å². The topological polar surface area (TPSA) is 32.3 Å². The highest BCUT2D eigenvalue weighted by Crippen LogP contribution is 2.26. The molecule has 1 fully saturated rings. The fourth-order valence-corrected chi connectivity index (χ4v) is 2.47. The Morgan fingerprint density at radius 3 is 2.29 bits per heavy atom. The number of hydrogen-bond donors (Lipinski definition) is 1. The molecule has 3 heteroatoms. The summed E-state index contributed by atoms with van der Waals surface area (Å²) in [6.07, 6.45) is 6.17. The molecule has 1 aliphatic rings. The maximum atomic E-state index is 10.2. The maximum absolute atomic E-state index is 10.2. The minimum atomic E-state index is 0.750. The summed E-state index contributed by atoms with van der Waals surface area (Å²) in [6.45, 7) is 11.4. The Balaban J connectivity index is 0.00000121. The van der Waals surface area contributed by atoms with E-state index in [1.165, 1.54) is 25.7 Å². The highest BCUT2D eigenvalue weighted by molar-refractivity contribution is 5.45. The van der Waals surface area contributed by atoms with Crippen molar-refractivity contribution in [2.24, 2.45) is 5.92 Å². The van der Waals surface area contributed by atoms with Crippen LogP contribution in [0.4, 0.5) is 0 Å². The molecule has 0 aromatic rings. The summed E-state index contributed by atoms with van der Waals surface area (Å²) in [6, 6.07) is 0.750. The molecule has 1 saturated carbocycles. The van der Waals surface area contributed by atoms with Gasteiger partial charge in [0.2, 0.25) is 6.41 Å². The first-order valence-electron chi connectivity index (χ1n) is 7.19. The van der Waals surface area contributed by atoms with Gasteiger partial charge < -0.3 is 5.32 Å². The van der Waals surface area contributed by atoms with Gasteiger partial charge in [-0.2, -0.15) is 0 Å². The van der Waals surface area contributed by atoms with E-state index in [-0.39, 0.29) is 0 Å². The van der Waals surface area contributed by atoms with Crippen LogP contribution in [0.25, 0.3) is 0 Å². The van der Waals surface area contributed by atoms with Crippen molar-refractivity contribution in [2.45, 2.75) is 59.4 Å². The molecule has 0 aromatic carbocycles. The van der Waals surface area contributed by atoms with E-state index in [9.17, 15) is 4.79 Å². The van der Waals surface area contributed by atoms with Crippen molar-refractivity contribution in [1.29, 1.82) is 0 Å². The lowest BCUT2D eigenvalue weighted by molar-refractivity contribution is -0.109. The average molecular weight is 242 g/mol. The quantitative estimate of drug-likeness (QED) is 0.574. The number of amides is 1. The summed E-state index contributed by atoms with van der Waals surface area (Å²) >= 11 is 0. The zero-order valence-corrected chi connectivity index (χ0v) is 12.0. The molecule has 0 heterocycles.